The molecule has 0 heterocycles. The molecule has 0 bridgehead atoms. The molecule has 1 aliphatic carbocycles. The van der Waals surface area contributed by atoms with Crippen molar-refractivity contribution >= 4 is 79.6 Å². The summed E-state index contributed by atoms with van der Waals surface area (Å²) in [7, 11) is 0. The van der Waals surface area contributed by atoms with Gasteiger partial charge in [0.15, 0.2) is 0 Å². The molecule has 0 aromatic rings. The smallest absolute Gasteiger partial charge is 0.0839 e. The van der Waals surface area contributed by atoms with Crippen LogP contribution in [-0.2, 0) is 0 Å². The molecule has 0 nitrogen and oxygen atoms in total. The maximum Gasteiger partial charge on any atom is 0.121 e. The van der Waals surface area contributed by atoms with Crippen LogP contribution in [0.2, 0.25) is 0 Å². The van der Waals surface area contributed by atoms with E-state index in [0.29, 0.717) is 4.83 Å². The lowest BCUT2D eigenvalue weighted by Crippen LogP contribution is -1.93. The Balaban J connectivity index is 2.72. The van der Waals surface area contributed by atoms with Gasteiger partial charge in [0.1, 0.15) is 6.47 Å². The molecule has 8 heavy (non-hydrogen) atoms. The lowest BCUT2D eigenvalue weighted by molar-refractivity contribution is 1.46. The van der Waals surface area contributed by atoms with Crippen LogP contribution in [0.3, 0.4) is 0 Å². The second-order valence-electron chi connectivity index (χ2n) is 1.61. The predicted molar refractivity (Wildman–Crippen MR) is 53.9 cm³/mol. The maximum absolute atomic E-state index is 3.45. The van der Waals surface area contributed by atoms with E-state index in [4.69, 9.17) is 0 Å². The van der Waals surface area contributed by atoms with Crippen molar-refractivity contribution in [2.45, 2.75) is 11.3 Å². The fourth-order valence-electron chi connectivity index (χ4n) is 0.306. The van der Waals surface area contributed by atoms with Crippen LogP contribution in [-0.4, -0.2) is 11.3 Å². The van der Waals surface area contributed by atoms with Crippen LogP contribution in [0.4, 0.5) is 0 Å². The average molecular weight is 437 g/mol. The van der Waals surface area contributed by atoms with Gasteiger partial charge in [-0.15, -0.1) is 0 Å². The van der Waals surface area contributed by atoms with E-state index in [9.17, 15) is 0 Å². The van der Waals surface area contributed by atoms with Gasteiger partial charge < -0.3 is 0 Å². The normalized spacial score (nSPS) is 32.6. The molecule has 0 amide bonds. The van der Waals surface area contributed by atoms with Crippen molar-refractivity contribution in [2.75, 3.05) is 0 Å². The molecular formula is C3HBr5. The lowest BCUT2D eigenvalue weighted by Gasteiger charge is -1.94. The summed E-state index contributed by atoms with van der Waals surface area (Å²) in [4.78, 5) is 0.391. The quantitative estimate of drug-likeness (QED) is 0.508. The van der Waals surface area contributed by atoms with E-state index in [1.54, 1.807) is 0 Å². The zero-order valence-corrected chi connectivity index (χ0v) is 11.4. The van der Waals surface area contributed by atoms with E-state index in [1.807, 2.05) is 0 Å². The molecule has 0 spiro atoms. The summed E-state index contributed by atoms with van der Waals surface area (Å²) in [6.45, 7) is 0. The number of alkyl halides is 5. The van der Waals surface area contributed by atoms with Crippen molar-refractivity contribution in [3.05, 3.63) is 0 Å². The molecule has 1 rings (SSSR count). The van der Waals surface area contributed by atoms with Crippen molar-refractivity contribution in [1.29, 1.82) is 0 Å². The van der Waals surface area contributed by atoms with Gasteiger partial charge in [0.2, 0.25) is 0 Å². The van der Waals surface area contributed by atoms with Gasteiger partial charge in [0, 0.05) is 0 Å². The summed E-state index contributed by atoms with van der Waals surface area (Å²) in [5.41, 5.74) is 0. The Morgan fingerprint density at radius 2 is 1.00 bits per heavy atom. The topological polar surface area (TPSA) is 0 Å². The Morgan fingerprint density at radius 1 is 0.875 bits per heavy atom. The fourth-order valence-corrected chi connectivity index (χ4v) is 5.18. The van der Waals surface area contributed by atoms with Crippen molar-refractivity contribution < 1.29 is 0 Å². The molecule has 1 aliphatic rings. The van der Waals surface area contributed by atoms with Crippen LogP contribution in [0.15, 0.2) is 0 Å². The number of rotatable bonds is 0. The zero-order chi connectivity index (χ0) is 6.58. The number of halogens is 5. The van der Waals surface area contributed by atoms with Crippen LogP contribution in [0.1, 0.15) is 0 Å². The average Bonchev–Trinajstić information content (AvgIpc) is 1.88. The van der Waals surface area contributed by atoms with Crippen molar-refractivity contribution in [3.8, 4) is 0 Å². The molecule has 0 atom stereocenters. The minimum atomic E-state index is -0.0208. The molecule has 0 unspecified atom stereocenters. The first-order valence-corrected chi connectivity index (χ1v) is 5.89. The van der Waals surface area contributed by atoms with Gasteiger partial charge in [-0.1, -0.05) is 79.6 Å². The third kappa shape index (κ3) is 1.00. The predicted octanol–water partition coefficient (Wildman–Crippen LogP) is 3.74. The van der Waals surface area contributed by atoms with Crippen molar-refractivity contribution in [2.24, 2.45) is 0 Å². The molecule has 0 N–H and O–H groups in total. The monoisotopic (exact) mass is 432 g/mol. The maximum atomic E-state index is 3.45. The van der Waals surface area contributed by atoms with E-state index < -0.39 is 0 Å². The number of hydrogen-bond donors (Lipinski definition) is 0. The van der Waals surface area contributed by atoms with Crippen molar-refractivity contribution in [3.63, 3.8) is 0 Å². The second-order valence-corrected chi connectivity index (χ2v) is 9.66. The summed E-state index contributed by atoms with van der Waals surface area (Å²) in [6.07, 6.45) is 0. The summed E-state index contributed by atoms with van der Waals surface area (Å²) >= 11 is 17.2. The summed E-state index contributed by atoms with van der Waals surface area (Å²) in [5, 5.41) is 0. The van der Waals surface area contributed by atoms with Gasteiger partial charge in [0.05, 0.1) is 4.83 Å². The van der Waals surface area contributed by atoms with Crippen LogP contribution in [0, 0.1) is 0 Å². The molecule has 0 saturated heterocycles. The van der Waals surface area contributed by atoms with E-state index in [1.165, 1.54) is 0 Å². The van der Waals surface area contributed by atoms with Gasteiger partial charge in [-0.2, -0.15) is 0 Å². The van der Waals surface area contributed by atoms with E-state index in [2.05, 4.69) is 79.6 Å². The Kier molecular flexibility index (Phi) is 2.33. The number of hydrogen-bond acceptors (Lipinski definition) is 0. The fraction of sp³-hybridized carbons (Fsp3) is 1.00. The summed E-state index contributed by atoms with van der Waals surface area (Å²) in [6, 6.07) is 0. The van der Waals surface area contributed by atoms with E-state index in [0.717, 1.165) is 0 Å². The highest BCUT2D eigenvalue weighted by atomic mass is 79.9. The Hall–Kier alpha value is 2.40. The highest BCUT2D eigenvalue weighted by Gasteiger charge is 2.72. The Bertz CT molecular complexity index is 103. The van der Waals surface area contributed by atoms with Crippen LogP contribution >= 0.6 is 79.6 Å². The molecule has 1 saturated carbocycles. The lowest BCUT2D eigenvalue weighted by atomic mass is 11.0. The Labute approximate surface area is 89.8 Å². The van der Waals surface area contributed by atoms with Crippen molar-refractivity contribution in [1.82, 2.24) is 0 Å². The van der Waals surface area contributed by atoms with Crippen LogP contribution in [0.25, 0.3) is 0 Å². The summed E-state index contributed by atoms with van der Waals surface area (Å²) in [5.74, 6) is 0. The van der Waals surface area contributed by atoms with Gasteiger partial charge in [-0.25, -0.2) is 0 Å². The minimum absolute atomic E-state index is 0.0208. The molecule has 0 aliphatic heterocycles. The first kappa shape index (κ1) is 8.50. The zero-order valence-electron chi connectivity index (χ0n) is 3.47. The molecule has 0 aromatic carbocycles. The highest BCUT2D eigenvalue weighted by molar-refractivity contribution is 9.32. The van der Waals surface area contributed by atoms with Crippen LogP contribution in [0.5, 0.6) is 0 Å². The summed E-state index contributed by atoms with van der Waals surface area (Å²) < 4.78 is -0.0417. The van der Waals surface area contributed by atoms with Crippen LogP contribution < -0.4 is 0 Å². The largest absolute Gasteiger partial charge is 0.121 e. The van der Waals surface area contributed by atoms with E-state index in [-0.39, 0.29) is 6.47 Å². The highest BCUT2D eigenvalue weighted by Crippen LogP contribution is 2.71. The second kappa shape index (κ2) is 2.19. The standard InChI is InChI=1S/C3HBr5/c4-1-2(5,6)3(1,7)8/h1H. The molecule has 48 valence electrons. The first-order chi connectivity index (χ1) is 3.40. The third-order valence-electron chi connectivity index (χ3n) is 0.998. The minimum Gasteiger partial charge on any atom is -0.0839 e. The van der Waals surface area contributed by atoms with Gasteiger partial charge in [-0.05, 0) is 0 Å². The van der Waals surface area contributed by atoms with Gasteiger partial charge >= 0.3 is 0 Å². The van der Waals surface area contributed by atoms with E-state index >= 15 is 0 Å². The molecule has 1 fully saturated rings. The van der Waals surface area contributed by atoms with Gasteiger partial charge in [-0.3, -0.25) is 0 Å². The molecular weight excluding hydrogens is 436 g/mol. The van der Waals surface area contributed by atoms with Gasteiger partial charge in [0.25, 0.3) is 0 Å². The SMILES string of the molecule is BrC1C(Br)(Br)C1(Br)Br. The Morgan fingerprint density at radius 3 is 1.00 bits per heavy atom. The third-order valence-corrected chi connectivity index (χ3v) is 11.3. The molecule has 5 heteroatoms. The molecule has 0 aromatic heterocycles. The molecule has 0 radical (unpaired) electrons. The first-order valence-electron chi connectivity index (χ1n) is 1.80.